The van der Waals surface area contributed by atoms with Crippen LogP contribution in [0, 0.1) is 11.8 Å². The summed E-state index contributed by atoms with van der Waals surface area (Å²) >= 11 is 0. The fourth-order valence-corrected chi connectivity index (χ4v) is 4.70. The van der Waals surface area contributed by atoms with Crippen molar-refractivity contribution in [2.75, 3.05) is 14.2 Å². The van der Waals surface area contributed by atoms with Gasteiger partial charge in [0.2, 0.25) is 0 Å². The van der Waals surface area contributed by atoms with E-state index in [4.69, 9.17) is 9.47 Å². The molecule has 4 rings (SSSR count). The Balaban J connectivity index is 1.76. The largest absolute Gasteiger partial charge is 0.497 e. The Morgan fingerprint density at radius 2 is 1.41 bits per heavy atom. The molecule has 1 heterocycles. The molecule has 2 N–H and O–H groups in total. The van der Waals surface area contributed by atoms with Crippen molar-refractivity contribution >= 4 is 5.71 Å². The standard InChI is InChI=1S/C22H26N2O3/c1-26-16-8-3-6-14(12-16)20-18-10-5-11-19(22(18)24-25)21(23-20)15-7-4-9-17(13-15)27-2/h3-4,6-9,12-13,18-21,23,25H,5,10-11H2,1-2H3/t18-,19+,20?,21?. The first-order chi connectivity index (χ1) is 13.2. The fourth-order valence-electron chi connectivity index (χ4n) is 4.70. The summed E-state index contributed by atoms with van der Waals surface area (Å²) in [6.07, 6.45) is 3.18. The second kappa shape index (κ2) is 7.61. The lowest BCUT2D eigenvalue weighted by Gasteiger charge is -2.47. The summed E-state index contributed by atoms with van der Waals surface area (Å²) in [6.45, 7) is 0. The van der Waals surface area contributed by atoms with Gasteiger partial charge in [0.05, 0.1) is 19.9 Å². The Kier molecular flexibility index (Phi) is 5.03. The van der Waals surface area contributed by atoms with E-state index in [9.17, 15) is 5.21 Å². The lowest BCUT2D eigenvalue weighted by Crippen LogP contribution is -2.50. The molecule has 0 aromatic heterocycles. The summed E-state index contributed by atoms with van der Waals surface area (Å²) in [4.78, 5) is 0. The van der Waals surface area contributed by atoms with Gasteiger partial charge in [0.15, 0.2) is 0 Å². The van der Waals surface area contributed by atoms with Gasteiger partial charge in [-0.1, -0.05) is 35.8 Å². The van der Waals surface area contributed by atoms with E-state index in [-0.39, 0.29) is 23.9 Å². The quantitative estimate of drug-likeness (QED) is 0.624. The lowest BCUT2D eigenvalue weighted by atomic mass is 9.67. The normalized spacial score (nSPS) is 28.7. The van der Waals surface area contributed by atoms with Gasteiger partial charge in [-0.3, -0.25) is 0 Å². The molecule has 2 aromatic carbocycles. The van der Waals surface area contributed by atoms with Gasteiger partial charge in [0, 0.05) is 23.9 Å². The van der Waals surface area contributed by atoms with Crippen LogP contribution in [0.4, 0.5) is 0 Å². The molecule has 4 atom stereocenters. The van der Waals surface area contributed by atoms with Crippen LogP contribution in [0.5, 0.6) is 11.5 Å². The minimum absolute atomic E-state index is 0.0822. The number of benzene rings is 2. The van der Waals surface area contributed by atoms with Crippen molar-refractivity contribution in [3.05, 3.63) is 59.7 Å². The van der Waals surface area contributed by atoms with Gasteiger partial charge in [-0.25, -0.2) is 0 Å². The maximum absolute atomic E-state index is 9.84. The summed E-state index contributed by atoms with van der Waals surface area (Å²) < 4.78 is 10.8. The number of piperidine rings is 1. The van der Waals surface area contributed by atoms with Crippen LogP contribution in [0.2, 0.25) is 0 Å². The van der Waals surface area contributed by atoms with Gasteiger partial charge in [0.1, 0.15) is 11.5 Å². The van der Waals surface area contributed by atoms with Crippen molar-refractivity contribution in [1.82, 2.24) is 5.32 Å². The van der Waals surface area contributed by atoms with Crippen molar-refractivity contribution in [3.8, 4) is 11.5 Å². The van der Waals surface area contributed by atoms with Gasteiger partial charge in [-0.2, -0.15) is 0 Å². The van der Waals surface area contributed by atoms with Crippen LogP contribution in [0.3, 0.4) is 0 Å². The molecule has 1 saturated heterocycles. The molecule has 1 aliphatic carbocycles. The van der Waals surface area contributed by atoms with Crippen LogP contribution in [0.1, 0.15) is 42.5 Å². The number of ether oxygens (including phenoxy) is 2. The molecule has 2 bridgehead atoms. The number of nitrogens with one attached hydrogen (secondary N) is 1. The van der Waals surface area contributed by atoms with Crippen LogP contribution in [-0.4, -0.2) is 25.1 Å². The van der Waals surface area contributed by atoms with Crippen molar-refractivity contribution in [2.24, 2.45) is 17.0 Å². The monoisotopic (exact) mass is 366 g/mol. The highest BCUT2D eigenvalue weighted by molar-refractivity contribution is 5.91. The lowest BCUT2D eigenvalue weighted by molar-refractivity contribution is 0.214. The third-order valence-electron chi connectivity index (χ3n) is 5.98. The fraction of sp³-hybridized carbons (Fsp3) is 0.409. The number of nitrogens with zero attached hydrogens (tertiary/aromatic N) is 1. The van der Waals surface area contributed by atoms with E-state index < -0.39 is 0 Å². The zero-order valence-electron chi connectivity index (χ0n) is 15.8. The third-order valence-corrected chi connectivity index (χ3v) is 5.98. The van der Waals surface area contributed by atoms with E-state index >= 15 is 0 Å². The smallest absolute Gasteiger partial charge is 0.119 e. The molecule has 5 nitrogen and oxygen atoms in total. The van der Waals surface area contributed by atoms with E-state index in [1.54, 1.807) is 14.2 Å². The van der Waals surface area contributed by atoms with Crippen molar-refractivity contribution in [2.45, 2.75) is 31.3 Å². The zero-order valence-corrected chi connectivity index (χ0v) is 15.8. The maximum Gasteiger partial charge on any atom is 0.119 e. The summed E-state index contributed by atoms with van der Waals surface area (Å²) in [6, 6.07) is 16.5. The second-order valence-electron chi connectivity index (χ2n) is 7.34. The molecule has 2 aliphatic rings. The molecule has 0 spiro atoms. The summed E-state index contributed by atoms with van der Waals surface area (Å²) in [5.74, 6) is 2.07. The Hall–Kier alpha value is -2.53. The predicted molar refractivity (Wildman–Crippen MR) is 105 cm³/mol. The van der Waals surface area contributed by atoms with Crippen molar-refractivity contribution in [3.63, 3.8) is 0 Å². The van der Waals surface area contributed by atoms with Gasteiger partial charge in [-0.05, 0) is 48.2 Å². The number of hydrogen-bond acceptors (Lipinski definition) is 5. The predicted octanol–water partition coefficient (Wildman–Crippen LogP) is 4.34. The molecule has 2 unspecified atom stereocenters. The molecule has 1 saturated carbocycles. The molecule has 2 aromatic rings. The molecule has 0 amide bonds. The second-order valence-corrected chi connectivity index (χ2v) is 7.34. The first-order valence-corrected chi connectivity index (χ1v) is 9.51. The Labute approximate surface area is 160 Å². The molecule has 1 aliphatic heterocycles. The van der Waals surface area contributed by atoms with Crippen LogP contribution in [0.15, 0.2) is 53.7 Å². The topological polar surface area (TPSA) is 63.1 Å². The van der Waals surface area contributed by atoms with Crippen molar-refractivity contribution in [1.29, 1.82) is 0 Å². The molecule has 5 heteroatoms. The summed E-state index contributed by atoms with van der Waals surface area (Å²) in [5, 5.41) is 17.5. The summed E-state index contributed by atoms with van der Waals surface area (Å²) in [5.41, 5.74) is 3.24. The average Bonchev–Trinajstić information content (AvgIpc) is 2.73. The van der Waals surface area contributed by atoms with E-state index in [0.29, 0.717) is 0 Å². The van der Waals surface area contributed by atoms with Crippen LogP contribution in [-0.2, 0) is 0 Å². The van der Waals surface area contributed by atoms with Crippen LogP contribution < -0.4 is 14.8 Å². The Bertz CT molecular complexity index is 772. The highest BCUT2D eigenvalue weighted by Crippen LogP contribution is 2.47. The summed E-state index contributed by atoms with van der Waals surface area (Å²) in [7, 11) is 3.37. The number of oxime groups is 1. The first-order valence-electron chi connectivity index (χ1n) is 9.51. The molecular formula is C22H26N2O3. The van der Waals surface area contributed by atoms with Gasteiger partial charge in [0.25, 0.3) is 0 Å². The number of methoxy groups -OCH3 is 2. The maximum atomic E-state index is 9.84. The van der Waals surface area contributed by atoms with Gasteiger partial charge >= 0.3 is 0 Å². The molecule has 142 valence electrons. The minimum atomic E-state index is 0.0822. The Morgan fingerprint density at radius 3 is 1.85 bits per heavy atom. The molecule has 2 fully saturated rings. The van der Waals surface area contributed by atoms with E-state index in [1.807, 2.05) is 24.3 Å². The van der Waals surface area contributed by atoms with E-state index in [2.05, 4.69) is 34.7 Å². The van der Waals surface area contributed by atoms with Gasteiger partial charge < -0.3 is 20.0 Å². The molecule has 0 radical (unpaired) electrons. The number of hydrogen-bond donors (Lipinski definition) is 2. The third kappa shape index (κ3) is 3.28. The first kappa shape index (κ1) is 17.9. The van der Waals surface area contributed by atoms with Crippen molar-refractivity contribution < 1.29 is 14.7 Å². The zero-order chi connectivity index (χ0) is 18.8. The van der Waals surface area contributed by atoms with Gasteiger partial charge in [-0.15, -0.1) is 0 Å². The SMILES string of the molecule is COc1cccc(C2NC(c3cccc(OC)c3)[C@H]3CCC[C@@H]2C3=NO)c1. The Morgan fingerprint density at radius 1 is 0.889 bits per heavy atom. The number of rotatable bonds is 4. The molecule has 27 heavy (non-hydrogen) atoms. The van der Waals surface area contributed by atoms with E-state index in [0.717, 1.165) is 47.6 Å². The van der Waals surface area contributed by atoms with Crippen LogP contribution in [0.25, 0.3) is 0 Å². The number of fused-ring (bicyclic) bond motifs is 2. The highest BCUT2D eigenvalue weighted by Gasteiger charge is 2.45. The van der Waals surface area contributed by atoms with E-state index in [1.165, 1.54) is 0 Å². The minimum Gasteiger partial charge on any atom is -0.497 e. The van der Waals surface area contributed by atoms with Crippen LogP contribution >= 0.6 is 0 Å². The molecular weight excluding hydrogens is 340 g/mol. The average molecular weight is 366 g/mol. The highest BCUT2D eigenvalue weighted by atomic mass is 16.5.